The van der Waals surface area contributed by atoms with Crippen molar-refractivity contribution in [2.45, 2.75) is 52.9 Å². The van der Waals surface area contributed by atoms with E-state index in [4.69, 9.17) is 5.41 Å². The van der Waals surface area contributed by atoms with Crippen LogP contribution in [0.4, 0.5) is 0 Å². The van der Waals surface area contributed by atoms with Crippen molar-refractivity contribution in [2.24, 2.45) is 11.0 Å². The highest BCUT2D eigenvalue weighted by molar-refractivity contribution is 6.00. The number of pyridine rings is 1. The molecule has 0 aromatic carbocycles. The van der Waals surface area contributed by atoms with Gasteiger partial charge < -0.3 is 15.6 Å². The molecule has 7 heteroatoms. The molecule has 3 heterocycles. The third kappa shape index (κ3) is 6.76. The van der Waals surface area contributed by atoms with Gasteiger partial charge in [-0.05, 0) is 82.2 Å². The van der Waals surface area contributed by atoms with Crippen LogP contribution in [0.25, 0.3) is 0 Å². The molecule has 3 rings (SSSR count). The Bertz CT molecular complexity index is 1030. The molecule has 34 heavy (non-hydrogen) atoms. The minimum atomic E-state index is 0.155. The molecule has 2 aliphatic rings. The Morgan fingerprint density at radius 3 is 2.53 bits per heavy atom. The highest BCUT2D eigenvalue weighted by Crippen LogP contribution is 2.23. The maximum Gasteiger partial charge on any atom is 0.222 e. The number of allylic oxidation sites excluding steroid dienone is 4. The van der Waals surface area contributed by atoms with Crippen molar-refractivity contribution in [2.75, 3.05) is 13.1 Å². The summed E-state index contributed by atoms with van der Waals surface area (Å²) in [6.07, 6.45) is 9.46. The Morgan fingerprint density at radius 2 is 1.91 bits per heavy atom. The van der Waals surface area contributed by atoms with E-state index in [0.29, 0.717) is 30.3 Å². The quantitative estimate of drug-likeness (QED) is 0.547. The van der Waals surface area contributed by atoms with Gasteiger partial charge in [-0.1, -0.05) is 19.2 Å². The van der Waals surface area contributed by atoms with Gasteiger partial charge in [-0.3, -0.25) is 9.78 Å². The number of hydrogen-bond donors (Lipinski definition) is 2. The van der Waals surface area contributed by atoms with E-state index in [1.54, 1.807) is 11.9 Å². The summed E-state index contributed by atoms with van der Waals surface area (Å²) in [5, 5.41) is 17.7. The van der Waals surface area contributed by atoms with Crippen LogP contribution in [0.3, 0.4) is 0 Å². The number of likely N-dealkylation sites (tertiary alicyclic amines) is 1. The molecular formula is C27H36N6O. The molecule has 1 fully saturated rings. The Morgan fingerprint density at radius 1 is 1.18 bits per heavy atom. The average molecular weight is 461 g/mol. The molecule has 180 valence electrons. The van der Waals surface area contributed by atoms with Crippen molar-refractivity contribution >= 4 is 17.5 Å². The third-order valence-corrected chi connectivity index (χ3v) is 6.28. The van der Waals surface area contributed by atoms with Crippen LogP contribution >= 0.6 is 0 Å². The molecule has 1 amide bonds. The van der Waals surface area contributed by atoms with E-state index < -0.39 is 0 Å². The van der Waals surface area contributed by atoms with Crippen LogP contribution in [-0.2, 0) is 11.2 Å². The zero-order chi connectivity index (χ0) is 24.7. The topological polar surface area (TPSA) is 84.7 Å². The summed E-state index contributed by atoms with van der Waals surface area (Å²) in [6, 6.07) is 6.04. The molecule has 2 aliphatic heterocycles. The van der Waals surface area contributed by atoms with E-state index in [0.717, 1.165) is 60.7 Å². The van der Waals surface area contributed by atoms with Crippen LogP contribution < -0.4 is 5.32 Å². The number of nitrogens with zero attached hydrogens (tertiary/aromatic N) is 4. The molecule has 1 aromatic heterocycles. The first-order valence-electron chi connectivity index (χ1n) is 11.9. The minimum absolute atomic E-state index is 0.155. The van der Waals surface area contributed by atoms with Gasteiger partial charge >= 0.3 is 0 Å². The second-order valence-corrected chi connectivity index (χ2v) is 9.06. The maximum atomic E-state index is 12.9. The van der Waals surface area contributed by atoms with Gasteiger partial charge in [-0.15, -0.1) is 5.10 Å². The number of nitrogens with one attached hydrogen (secondary N) is 2. The molecule has 1 aromatic rings. The molecule has 0 radical (unpaired) electrons. The largest absolute Gasteiger partial charge is 0.343 e. The summed E-state index contributed by atoms with van der Waals surface area (Å²) in [7, 11) is 0. The monoisotopic (exact) mass is 460 g/mol. The van der Waals surface area contributed by atoms with E-state index in [1.165, 1.54) is 0 Å². The first kappa shape index (κ1) is 25.1. The Hall–Kier alpha value is -3.48. The summed E-state index contributed by atoms with van der Waals surface area (Å²) in [6.45, 7) is 15.0. The van der Waals surface area contributed by atoms with E-state index in [2.05, 4.69) is 34.6 Å². The fourth-order valence-corrected chi connectivity index (χ4v) is 4.36. The third-order valence-electron chi connectivity index (χ3n) is 6.28. The predicted octanol–water partition coefficient (Wildman–Crippen LogP) is 4.78. The second-order valence-electron chi connectivity index (χ2n) is 9.06. The number of carbonyl (C=O) groups excluding carboxylic acids is 1. The van der Waals surface area contributed by atoms with Crippen molar-refractivity contribution in [3.8, 4) is 0 Å². The van der Waals surface area contributed by atoms with Crippen molar-refractivity contribution < 1.29 is 4.79 Å². The molecule has 2 N–H and O–H groups in total. The average Bonchev–Trinajstić information content (AvgIpc) is 2.81. The lowest BCUT2D eigenvalue weighted by Gasteiger charge is -2.32. The molecular weight excluding hydrogens is 424 g/mol. The number of hydrazone groups is 1. The fraction of sp³-hybridized carbons (Fsp3) is 0.407. The Labute approximate surface area is 203 Å². The van der Waals surface area contributed by atoms with Crippen LogP contribution in [0.2, 0.25) is 0 Å². The van der Waals surface area contributed by atoms with Crippen molar-refractivity contribution in [3.05, 3.63) is 78.1 Å². The molecule has 0 atom stereocenters. The lowest BCUT2D eigenvalue weighted by molar-refractivity contribution is -0.132. The second kappa shape index (κ2) is 11.6. The molecule has 0 unspecified atom stereocenters. The molecule has 0 bridgehead atoms. The Kier molecular flexibility index (Phi) is 8.57. The van der Waals surface area contributed by atoms with Crippen molar-refractivity contribution in [1.29, 1.82) is 5.41 Å². The van der Waals surface area contributed by atoms with Gasteiger partial charge in [0.05, 0.1) is 5.70 Å². The number of carbonyl (C=O) groups is 1. The zero-order valence-electron chi connectivity index (χ0n) is 20.6. The standard InChI is InChI=1S/C27H36N6O/c1-19(2)33-20(3)9-11-26(31-33)30-22(5)25(21(4)28)10-12-27(34)32-16-13-23(14-17-32)18-24-8-6-7-15-29-24/h6-9,11,15,23,28H,1,3,10,12-14,16-18H2,2,4-5H3,(H,30,31)/b25-22-,28-21?. The van der Waals surface area contributed by atoms with Gasteiger partial charge in [0.25, 0.3) is 0 Å². The molecule has 1 saturated heterocycles. The van der Waals surface area contributed by atoms with E-state index in [-0.39, 0.29) is 5.91 Å². The molecule has 7 nitrogen and oxygen atoms in total. The van der Waals surface area contributed by atoms with E-state index >= 15 is 0 Å². The highest BCUT2D eigenvalue weighted by atomic mass is 16.2. The van der Waals surface area contributed by atoms with Crippen molar-refractivity contribution in [1.82, 2.24) is 20.2 Å². The fourth-order valence-electron chi connectivity index (χ4n) is 4.36. The lowest BCUT2D eigenvalue weighted by atomic mass is 9.91. The van der Waals surface area contributed by atoms with Gasteiger partial charge in [-0.2, -0.15) is 0 Å². The number of rotatable bonds is 8. The zero-order valence-corrected chi connectivity index (χ0v) is 20.6. The summed E-state index contributed by atoms with van der Waals surface area (Å²) in [5.74, 6) is 1.37. The van der Waals surface area contributed by atoms with Crippen LogP contribution in [0.15, 0.2) is 77.5 Å². The highest BCUT2D eigenvalue weighted by Gasteiger charge is 2.23. The van der Waals surface area contributed by atoms with Gasteiger partial charge in [0.15, 0.2) is 5.84 Å². The number of aromatic nitrogens is 1. The molecule has 0 spiro atoms. The lowest BCUT2D eigenvalue weighted by Crippen LogP contribution is -2.39. The summed E-state index contributed by atoms with van der Waals surface area (Å²) >= 11 is 0. The smallest absolute Gasteiger partial charge is 0.222 e. The normalized spacial score (nSPS) is 17.3. The number of amidine groups is 1. The number of amides is 1. The van der Waals surface area contributed by atoms with Gasteiger partial charge in [0, 0.05) is 48.5 Å². The van der Waals surface area contributed by atoms with Gasteiger partial charge in [0.2, 0.25) is 5.91 Å². The Balaban J connectivity index is 1.54. The maximum absolute atomic E-state index is 12.9. The van der Waals surface area contributed by atoms with Crippen molar-refractivity contribution in [3.63, 3.8) is 0 Å². The summed E-state index contributed by atoms with van der Waals surface area (Å²) in [5.41, 5.74) is 4.76. The van der Waals surface area contributed by atoms with E-state index in [1.807, 2.05) is 49.2 Å². The summed E-state index contributed by atoms with van der Waals surface area (Å²) < 4.78 is 0. The minimum Gasteiger partial charge on any atom is -0.343 e. The molecule has 0 aliphatic carbocycles. The van der Waals surface area contributed by atoms with E-state index in [9.17, 15) is 4.79 Å². The van der Waals surface area contributed by atoms with Gasteiger partial charge in [-0.25, -0.2) is 5.01 Å². The van der Waals surface area contributed by atoms with Crippen LogP contribution in [0.5, 0.6) is 0 Å². The summed E-state index contributed by atoms with van der Waals surface area (Å²) in [4.78, 5) is 19.3. The SMILES string of the molecule is C=C(C)N1N=C(N/C(C)=C(/CCC(=O)N2CCC(Cc3ccccn3)CC2)C(C)=N)C=CC1=C. The number of piperidine rings is 1. The first-order chi connectivity index (χ1) is 16.2. The van der Waals surface area contributed by atoms with Crippen LogP contribution in [0, 0.1) is 11.3 Å². The molecule has 0 saturated carbocycles. The van der Waals surface area contributed by atoms with Crippen LogP contribution in [-0.4, -0.2) is 45.4 Å². The predicted molar refractivity (Wildman–Crippen MR) is 138 cm³/mol. The number of hydrogen-bond acceptors (Lipinski definition) is 6. The first-order valence-corrected chi connectivity index (χ1v) is 11.9. The van der Waals surface area contributed by atoms with Crippen LogP contribution in [0.1, 0.15) is 52.1 Å². The van der Waals surface area contributed by atoms with Gasteiger partial charge in [0.1, 0.15) is 0 Å².